The summed E-state index contributed by atoms with van der Waals surface area (Å²) in [6, 6.07) is 14.8. The molecule has 2 amide bonds. The largest absolute Gasteiger partial charge is 0.333 e. The Labute approximate surface area is 150 Å². The standard InChI is InChI=1S/C18H16Cl2N2O2/c19-15-7-6-14(9-16(15)20)21-17(23)11-22-10-13(8-18(22)24)12-4-2-1-3-5-12/h1-7,9,13H,8,10-11H2,(H,21,23). The van der Waals surface area contributed by atoms with Gasteiger partial charge in [0.15, 0.2) is 0 Å². The molecule has 1 fully saturated rings. The van der Waals surface area contributed by atoms with Crippen LogP contribution in [-0.2, 0) is 9.59 Å². The van der Waals surface area contributed by atoms with Crippen LogP contribution in [0.4, 0.5) is 5.69 Å². The van der Waals surface area contributed by atoms with Crippen LogP contribution < -0.4 is 5.32 Å². The van der Waals surface area contributed by atoms with Crippen molar-refractivity contribution in [3.63, 3.8) is 0 Å². The van der Waals surface area contributed by atoms with Crippen molar-refractivity contribution in [3.05, 3.63) is 64.1 Å². The van der Waals surface area contributed by atoms with Gasteiger partial charge in [-0.05, 0) is 23.8 Å². The van der Waals surface area contributed by atoms with Crippen LogP contribution in [0, 0.1) is 0 Å². The first-order valence-corrected chi connectivity index (χ1v) is 8.36. The summed E-state index contributed by atoms with van der Waals surface area (Å²) in [6.07, 6.45) is 0.435. The maximum absolute atomic E-state index is 12.2. The van der Waals surface area contributed by atoms with E-state index in [2.05, 4.69) is 5.32 Å². The van der Waals surface area contributed by atoms with E-state index in [4.69, 9.17) is 23.2 Å². The second kappa shape index (κ2) is 7.24. The molecule has 2 aromatic rings. The maximum Gasteiger partial charge on any atom is 0.243 e. The van der Waals surface area contributed by atoms with Crippen molar-refractivity contribution in [2.45, 2.75) is 12.3 Å². The fourth-order valence-electron chi connectivity index (χ4n) is 2.82. The molecule has 6 heteroatoms. The van der Waals surface area contributed by atoms with Crippen LogP contribution in [0.25, 0.3) is 0 Å². The zero-order chi connectivity index (χ0) is 17.1. The highest BCUT2D eigenvalue weighted by Gasteiger charge is 2.31. The second-order valence-electron chi connectivity index (χ2n) is 5.76. The number of carbonyl (C=O) groups excluding carboxylic acids is 2. The molecule has 0 radical (unpaired) electrons. The zero-order valence-electron chi connectivity index (χ0n) is 12.8. The summed E-state index contributed by atoms with van der Waals surface area (Å²) in [4.78, 5) is 25.9. The molecule has 124 valence electrons. The van der Waals surface area contributed by atoms with Gasteiger partial charge >= 0.3 is 0 Å². The quantitative estimate of drug-likeness (QED) is 0.894. The molecule has 1 unspecified atom stereocenters. The minimum Gasteiger partial charge on any atom is -0.333 e. The van der Waals surface area contributed by atoms with E-state index in [-0.39, 0.29) is 24.3 Å². The molecular formula is C18H16Cl2N2O2. The molecule has 1 heterocycles. The van der Waals surface area contributed by atoms with Crippen LogP contribution >= 0.6 is 23.2 Å². The first kappa shape index (κ1) is 16.8. The smallest absolute Gasteiger partial charge is 0.243 e. The van der Waals surface area contributed by atoms with Crippen LogP contribution in [0.1, 0.15) is 17.9 Å². The molecule has 2 aromatic carbocycles. The maximum atomic E-state index is 12.2. The van der Waals surface area contributed by atoms with E-state index in [0.717, 1.165) is 5.56 Å². The number of rotatable bonds is 4. The fourth-order valence-corrected chi connectivity index (χ4v) is 3.12. The summed E-state index contributed by atoms with van der Waals surface area (Å²) in [5.74, 6) is -0.125. The van der Waals surface area contributed by atoms with Gasteiger partial charge in [0.2, 0.25) is 11.8 Å². The Morgan fingerprint density at radius 3 is 2.58 bits per heavy atom. The van der Waals surface area contributed by atoms with Crippen molar-refractivity contribution in [2.24, 2.45) is 0 Å². The van der Waals surface area contributed by atoms with Gasteiger partial charge in [0.25, 0.3) is 0 Å². The number of amides is 2. The molecule has 0 spiro atoms. The van der Waals surface area contributed by atoms with Gasteiger partial charge in [0, 0.05) is 24.6 Å². The van der Waals surface area contributed by atoms with Gasteiger partial charge in [-0.25, -0.2) is 0 Å². The number of likely N-dealkylation sites (tertiary alicyclic amines) is 1. The van der Waals surface area contributed by atoms with E-state index in [9.17, 15) is 9.59 Å². The molecule has 0 aromatic heterocycles. The predicted octanol–water partition coefficient (Wildman–Crippen LogP) is 3.95. The highest BCUT2D eigenvalue weighted by molar-refractivity contribution is 6.42. The van der Waals surface area contributed by atoms with Gasteiger partial charge in [-0.2, -0.15) is 0 Å². The number of hydrogen-bond donors (Lipinski definition) is 1. The van der Waals surface area contributed by atoms with Gasteiger partial charge in [-0.1, -0.05) is 53.5 Å². The van der Waals surface area contributed by atoms with Crippen molar-refractivity contribution < 1.29 is 9.59 Å². The van der Waals surface area contributed by atoms with E-state index in [0.29, 0.717) is 28.7 Å². The molecule has 24 heavy (non-hydrogen) atoms. The minimum atomic E-state index is -0.254. The third kappa shape index (κ3) is 3.89. The van der Waals surface area contributed by atoms with E-state index in [1.807, 2.05) is 30.3 Å². The Morgan fingerprint density at radius 1 is 1.12 bits per heavy atom. The summed E-state index contributed by atoms with van der Waals surface area (Å²) >= 11 is 11.8. The Hall–Kier alpha value is -2.04. The third-order valence-corrected chi connectivity index (χ3v) is 4.76. The topological polar surface area (TPSA) is 49.4 Å². The molecular weight excluding hydrogens is 347 g/mol. The van der Waals surface area contributed by atoms with Crippen molar-refractivity contribution in [2.75, 3.05) is 18.4 Å². The third-order valence-electron chi connectivity index (χ3n) is 4.02. The molecule has 1 N–H and O–H groups in total. The summed E-state index contributed by atoms with van der Waals surface area (Å²) in [5.41, 5.74) is 1.68. The van der Waals surface area contributed by atoms with E-state index >= 15 is 0 Å². The molecule has 1 atom stereocenters. The lowest BCUT2D eigenvalue weighted by atomic mass is 9.99. The molecule has 1 aliphatic heterocycles. The van der Waals surface area contributed by atoms with Crippen molar-refractivity contribution in [1.29, 1.82) is 0 Å². The predicted molar refractivity (Wildman–Crippen MR) is 95.5 cm³/mol. The number of halogens is 2. The zero-order valence-corrected chi connectivity index (χ0v) is 14.3. The van der Waals surface area contributed by atoms with Crippen molar-refractivity contribution in [3.8, 4) is 0 Å². The highest BCUT2D eigenvalue weighted by Crippen LogP contribution is 2.28. The van der Waals surface area contributed by atoms with Crippen LogP contribution in [0.5, 0.6) is 0 Å². The molecule has 1 aliphatic rings. The number of carbonyl (C=O) groups is 2. The molecule has 3 rings (SSSR count). The second-order valence-corrected chi connectivity index (χ2v) is 6.58. The van der Waals surface area contributed by atoms with Gasteiger partial charge in [-0.3, -0.25) is 9.59 Å². The van der Waals surface area contributed by atoms with Gasteiger partial charge in [0.1, 0.15) is 0 Å². The Balaban J connectivity index is 1.60. The first-order valence-electron chi connectivity index (χ1n) is 7.60. The molecule has 4 nitrogen and oxygen atoms in total. The summed E-state index contributed by atoms with van der Waals surface area (Å²) in [6.45, 7) is 0.583. The van der Waals surface area contributed by atoms with Crippen molar-refractivity contribution in [1.82, 2.24) is 4.90 Å². The van der Waals surface area contributed by atoms with E-state index < -0.39 is 0 Å². The van der Waals surface area contributed by atoms with Gasteiger partial charge in [0.05, 0.1) is 16.6 Å². The lowest BCUT2D eigenvalue weighted by molar-refractivity contribution is -0.131. The summed E-state index contributed by atoms with van der Waals surface area (Å²) in [7, 11) is 0. The number of anilines is 1. The van der Waals surface area contributed by atoms with Crippen LogP contribution in [0.2, 0.25) is 10.0 Å². The lowest BCUT2D eigenvalue weighted by Crippen LogP contribution is -2.34. The van der Waals surface area contributed by atoms with Crippen LogP contribution in [0.15, 0.2) is 48.5 Å². The minimum absolute atomic E-state index is 0.00635. The number of nitrogens with one attached hydrogen (secondary N) is 1. The molecule has 0 aliphatic carbocycles. The van der Waals surface area contributed by atoms with Gasteiger partial charge < -0.3 is 10.2 Å². The first-order chi connectivity index (χ1) is 11.5. The number of benzene rings is 2. The number of hydrogen-bond acceptors (Lipinski definition) is 2. The molecule has 1 saturated heterocycles. The molecule has 0 bridgehead atoms. The summed E-state index contributed by atoms with van der Waals surface area (Å²) in [5, 5.41) is 3.53. The lowest BCUT2D eigenvalue weighted by Gasteiger charge is -2.16. The average Bonchev–Trinajstić information content (AvgIpc) is 2.93. The number of nitrogens with zero attached hydrogens (tertiary/aromatic N) is 1. The van der Waals surface area contributed by atoms with Crippen molar-refractivity contribution >= 4 is 40.7 Å². The van der Waals surface area contributed by atoms with Crippen LogP contribution in [0.3, 0.4) is 0 Å². The van der Waals surface area contributed by atoms with Gasteiger partial charge in [-0.15, -0.1) is 0 Å². The fraction of sp³-hybridized carbons (Fsp3) is 0.222. The Bertz CT molecular complexity index is 765. The Morgan fingerprint density at radius 2 is 1.88 bits per heavy atom. The average molecular weight is 363 g/mol. The molecule has 0 saturated carbocycles. The Kier molecular flexibility index (Phi) is 5.07. The van der Waals surface area contributed by atoms with E-state index in [1.165, 1.54) is 0 Å². The highest BCUT2D eigenvalue weighted by atomic mass is 35.5. The van der Waals surface area contributed by atoms with Crippen LogP contribution in [-0.4, -0.2) is 29.8 Å². The SMILES string of the molecule is O=C(CN1CC(c2ccccc2)CC1=O)Nc1ccc(Cl)c(Cl)c1. The normalized spacial score (nSPS) is 17.2. The van der Waals surface area contributed by atoms with E-state index in [1.54, 1.807) is 23.1 Å². The monoisotopic (exact) mass is 362 g/mol. The summed E-state index contributed by atoms with van der Waals surface area (Å²) < 4.78 is 0.